The molecule has 0 aliphatic heterocycles. The van der Waals surface area contributed by atoms with E-state index in [2.05, 4.69) is 11.1 Å². The number of aryl methyl sites for hydroxylation is 2. The number of carbonyl (C=O) groups excluding carboxylic acids is 1. The number of hydrogen-bond acceptors (Lipinski definition) is 3. The highest BCUT2D eigenvalue weighted by atomic mass is 32.1. The maximum Gasteiger partial charge on any atom is 0.253 e. The highest BCUT2D eigenvalue weighted by Gasteiger charge is 2.12. The number of likely N-dealkylation sites (N-methyl/N-ethyl adjacent to an activating group) is 1. The molecule has 0 atom stereocenters. The molecule has 140 valence electrons. The first kappa shape index (κ1) is 18.9. The molecule has 0 spiro atoms. The summed E-state index contributed by atoms with van der Waals surface area (Å²) < 4.78 is 8.27. The van der Waals surface area contributed by atoms with Crippen LogP contribution in [0.3, 0.4) is 0 Å². The second-order valence-electron chi connectivity index (χ2n) is 6.58. The molecule has 27 heavy (non-hydrogen) atoms. The monoisotopic (exact) mass is 381 g/mol. The van der Waals surface area contributed by atoms with Crippen molar-refractivity contribution in [2.75, 3.05) is 20.2 Å². The zero-order valence-corrected chi connectivity index (χ0v) is 16.5. The van der Waals surface area contributed by atoms with Gasteiger partial charge in [-0.1, -0.05) is 6.07 Å². The third kappa shape index (κ3) is 4.65. The third-order valence-corrected chi connectivity index (χ3v) is 4.59. The van der Waals surface area contributed by atoms with E-state index in [9.17, 15) is 4.79 Å². The molecule has 5 nitrogen and oxygen atoms in total. The van der Waals surface area contributed by atoms with Crippen molar-refractivity contribution in [1.29, 1.82) is 0 Å². The average Bonchev–Trinajstić information content (AvgIpc) is 3.06. The minimum atomic E-state index is -0.0387. The quantitative estimate of drug-likeness (QED) is 0.648. The van der Waals surface area contributed by atoms with Gasteiger partial charge in [-0.05, 0) is 73.6 Å². The van der Waals surface area contributed by atoms with Crippen molar-refractivity contribution < 1.29 is 9.53 Å². The van der Waals surface area contributed by atoms with Crippen molar-refractivity contribution in [3.63, 3.8) is 0 Å². The molecule has 2 aromatic carbocycles. The predicted molar refractivity (Wildman–Crippen MR) is 109 cm³/mol. The molecule has 0 fully saturated rings. The van der Waals surface area contributed by atoms with E-state index in [1.54, 1.807) is 18.1 Å². The van der Waals surface area contributed by atoms with Crippen molar-refractivity contribution in [2.45, 2.75) is 13.8 Å². The maximum absolute atomic E-state index is 12.6. The van der Waals surface area contributed by atoms with E-state index in [-0.39, 0.29) is 5.91 Å². The number of nitrogens with zero attached hydrogens (tertiary/aromatic N) is 2. The smallest absolute Gasteiger partial charge is 0.253 e. The molecule has 0 saturated carbocycles. The van der Waals surface area contributed by atoms with Crippen LogP contribution >= 0.6 is 12.2 Å². The highest BCUT2D eigenvalue weighted by molar-refractivity contribution is 7.71. The van der Waals surface area contributed by atoms with Gasteiger partial charge >= 0.3 is 0 Å². The number of H-pyrrole nitrogens is 1. The van der Waals surface area contributed by atoms with E-state index in [4.69, 9.17) is 17.0 Å². The molecule has 0 radical (unpaired) electrons. The molecule has 1 aromatic heterocycles. The summed E-state index contributed by atoms with van der Waals surface area (Å²) in [5.74, 6) is 0.796. The van der Waals surface area contributed by atoms with E-state index in [1.165, 1.54) is 0 Å². The van der Waals surface area contributed by atoms with Gasteiger partial charge in [0.25, 0.3) is 5.91 Å². The standard InChI is InChI=1S/C21H23N3O2S/c1-15-12-16(2)14-19(13-15)26-11-10-23(3)20(25)17-4-6-18(7-5-17)24-9-8-22-21(24)27/h4-9,12-14H,10-11H2,1-3H3,(H,22,27). The van der Waals surface area contributed by atoms with E-state index in [1.807, 2.05) is 61.0 Å². The van der Waals surface area contributed by atoms with Crippen LogP contribution in [0.2, 0.25) is 0 Å². The molecule has 3 rings (SSSR count). The van der Waals surface area contributed by atoms with Gasteiger partial charge in [0.15, 0.2) is 4.77 Å². The molecular formula is C21H23N3O2S. The summed E-state index contributed by atoms with van der Waals surface area (Å²) in [6, 6.07) is 13.5. The Morgan fingerprint density at radius 2 is 1.81 bits per heavy atom. The van der Waals surface area contributed by atoms with Crippen LogP contribution in [-0.2, 0) is 0 Å². The number of carbonyl (C=O) groups is 1. The summed E-state index contributed by atoms with van der Waals surface area (Å²) in [5, 5.41) is 0. The lowest BCUT2D eigenvalue weighted by Gasteiger charge is -2.18. The highest BCUT2D eigenvalue weighted by Crippen LogP contribution is 2.16. The van der Waals surface area contributed by atoms with Gasteiger partial charge in [0.1, 0.15) is 12.4 Å². The zero-order valence-electron chi connectivity index (χ0n) is 15.7. The zero-order chi connectivity index (χ0) is 19.4. The van der Waals surface area contributed by atoms with Gasteiger partial charge in [0, 0.05) is 30.7 Å². The number of aromatic amines is 1. The van der Waals surface area contributed by atoms with Gasteiger partial charge in [0.2, 0.25) is 0 Å². The number of rotatable bonds is 6. The molecule has 0 bridgehead atoms. The molecule has 1 heterocycles. The van der Waals surface area contributed by atoms with Crippen LogP contribution < -0.4 is 4.74 Å². The normalized spacial score (nSPS) is 10.6. The Balaban J connectivity index is 1.58. The average molecular weight is 382 g/mol. The van der Waals surface area contributed by atoms with Gasteiger partial charge in [-0.3, -0.25) is 9.36 Å². The lowest BCUT2D eigenvalue weighted by atomic mass is 10.1. The summed E-state index contributed by atoms with van der Waals surface area (Å²) >= 11 is 5.22. The van der Waals surface area contributed by atoms with E-state index in [0.29, 0.717) is 23.5 Å². The molecule has 0 saturated heterocycles. The first-order valence-corrected chi connectivity index (χ1v) is 9.18. The first-order chi connectivity index (χ1) is 12.9. The van der Waals surface area contributed by atoms with Gasteiger partial charge in [-0.15, -0.1) is 0 Å². The Morgan fingerprint density at radius 1 is 1.15 bits per heavy atom. The van der Waals surface area contributed by atoms with Crippen LogP contribution in [0.1, 0.15) is 21.5 Å². The minimum Gasteiger partial charge on any atom is -0.492 e. The molecular weight excluding hydrogens is 358 g/mol. The minimum absolute atomic E-state index is 0.0387. The number of hydrogen-bond donors (Lipinski definition) is 1. The SMILES string of the molecule is Cc1cc(C)cc(OCCN(C)C(=O)c2ccc(-n3cc[nH]c3=S)cc2)c1. The molecule has 0 aliphatic carbocycles. The molecule has 6 heteroatoms. The number of imidazole rings is 1. The molecule has 1 N–H and O–H groups in total. The van der Waals surface area contributed by atoms with Gasteiger partial charge in [0.05, 0.1) is 6.54 Å². The summed E-state index contributed by atoms with van der Waals surface area (Å²) in [6.45, 7) is 5.04. The van der Waals surface area contributed by atoms with Crippen LogP contribution in [-0.4, -0.2) is 40.6 Å². The van der Waals surface area contributed by atoms with Crippen LogP contribution in [0.15, 0.2) is 54.9 Å². The fraction of sp³-hybridized carbons (Fsp3) is 0.238. The molecule has 3 aromatic rings. The lowest BCUT2D eigenvalue weighted by molar-refractivity contribution is 0.0773. The van der Waals surface area contributed by atoms with Crippen LogP contribution in [0.5, 0.6) is 5.75 Å². The molecule has 0 aliphatic rings. The first-order valence-electron chi connectivity index (χ1n) is 8.77. The fourth-order valence-corrected chi connectivity index (χ4v) is 3.16. The number of ether oxygens (including phenoxy) is 1. The number of amides is 1. The Labute approximate surface area is 164 Å². The second-order valence-corrected chi connectivity index (χ2v) is 6.97. The van der Waals surface area contributed by atoms with Crippen molar-refractivity contribution in [1.82, 2.24) is 14.5 Å². The topological polar surface area (TPSA) is 50.3 Å². The summed E-state index contributed by atoms with van der Waals surface area (Å²) in [4.78, 5) is 17.2. The van der Waals surface area contributed by atoms with E-state index < -0.39 is 0 Å². The summed E-state index contributed by atoms with van der Waals surface area (Å²) in [5.41, 5.74) is 3.88. The van der Waals surface area contributed by atoms with Crippen molar-refractivity contribution in [3.05, 3.63) is 76.3 Å². The van der Waals surface area contributed by atoms with Crippen molar-refractivity contribution >= 4 is 18.1 Å². The number of aromatic nitrogens is 2. The second kappa shape index (κ2) is 8.22. The van der Waals surface area contributed by atoms with Crippen LogP contribution in [0.25, 0.3) is 5.69 Å². The Bertz CT molecular complexity index is 969. The maximum atomic E-state index is 12.6. The lowest BCUT2D eigenvalue weighted by Crippen LogP contribution is -2.30. The molecule has 0 unspecified atom stereocenters. The Morgan fingerprint density at radius 3 is 2.41 bits per heavy atom. The van der Waals surface area contributed by atoms with Crippen LogP contribution in [0.4, 0.5) is 0 Å². The third-order valence-electron chi connectivity index (χ3n) is 4.28. The number of benzene rings is 2. The van der Waals surface area contributed by atoms with Crippen molar-refractivity contribution in [2.24, 2.45) is 0 Å². The van der Waals surface area contributed by atoms with Gasteiger partial charge in [-0.2, -0.15) is 0 Å². The van der Waals surface area contributed by atoms with E-state index in [0.717, 1.165) is 22.6 Å². The van der Waals surface area contributed by atoms with Crippen LogP contribution in [0, 0.1) is 18.6 Å². The Hall–Kier alpha value is -2.86. The largest absolute Gasteiger partial charge is 0.492 e. The van der Waals surface area contributed by atoms with Gasteiger partial charge < -0.3 is 14.6 Å². The predicted octanol–water partition coefficient (Wildman–Crippen LogP) is 4.30. The van der Waals surface area contributed by atoms with Crippen molar-refractivity contribution in [3.8, 4) is 11.4 Å². The van der Waals surface area contributed by atoms with E-state index >= 15 is 0 Å². The summed E-state index contributed by atoms with van der Waals surface area (Å²) in [6.07, 6.45) is 3.64. The summed E-state index contributed by atoms with van der Waals surface area (Å²) in [7, 11) is 1.78. The number of nitrogens with one attached hydrogen (secondary N) is 1. The van der Waals surface area contributed by atoms with Gasteiger partial charge in [-0.25, -0.2) is 0 Å². The Kier molecular flexibility index (Phi) is 5.76. The molecule has 1 amide bonds. The fourth-order valence-electron chi connectivity index (χ4n) is 2.93.